The Bertz CT molecular complexity index is 470. The van der Waals surface area contributed by atoms with Gasteiger partial charge in [0.15, 0.2) is 0 Å². The number of benzene rings is 1. The minimum atomic E-state index is -3.78. The lowest BCUT2D eigenvalue weighted by Crippen LogP contribution is -2.31. The van der Waals surface area contributed by atoms with Crippen LogP contribution in [0.4, 0.5) is 4.39 Å². The van der Waals surface area contributed by atoms with Gasteiger partial charge in [-0.05, 0) is 25.2 Å². The molecule has 0 aliphatic rings. The number of rotatable bonds is 5. The van der Waals surface area contributed by atoms with Crippen molar-refractivity contribution in [1.82, 2.24) is 10.0 Å². The van der Waals surface area contributed by atoms with Crippen molar-refractivity contribution in [3.63, 3.8) is 0 Å². The van der Waals surface area contributed by atoms with Crippen LogP contribution in [0.2, 0.25) is 0 Å². The average molecular weight is 348 g/mol. The summed E-state index contributed by atoms with van der Waals surface area (Å²) in [5.74, 6) is -0.764. The number of hydrogen-bond donors (Lipinski definition) is 2. The summed E-state index contributed by atoms with van der Waals surface area (Å²) < 4.78 is 39.5. The van der Waals surface area contributed by atoms with Crippen LogP contribution in [0, 0.1) is 5.82 Å². The molecule has 0 aliphatic carbocycles. The van der Waals surface area contributed by atoms with Gasteiger partial charge in [0.1, 0.15) is 10.7 Å². The molecule has 0 aromatic heterocycles. The van der Waals surface area contributed by atoms with E-state index >= 15 is 0 Å². The molecule has 8 heteroatoms. The van der Waals surface area contributed by atoms with Gasteiger partial charge in [-0.1, -0.05) is 15.9 Å². The summed E-state index contributed by atoms with van der Waals surface area (Å²) in [5.41, 5.74) is 0. The molecule has 0 atom stereocenters. The van der Waals surface area contributed by atoms with Gasteiger partial charge in [-0.3, -0.25) is 0 Å². The first-order chi connectivity index (χ1) is 7.47. The van der Waals surface area contributed by atoms with Crippen LogP contribution in [-0.2, 0) is 10.0 Å². The lowest BCUT2D eigenvalue weighted by atomic mass is 10.3. The SMILES string of the molecule is CNCCNS(=O)(=O)c1cc(Br)ccc1F.Cl. The first-order valence-corrected chi connectivity index (χ1v) is 6.84. The molecule has 0 radical (unpaired) electrons. The summed E-state index contributed by atoms with van der Waals surface area (Å²) in [4.78, 5) is -0.349. The van der Waals surface area contributed by atoms with Crippen molar-refractivity contribution < 1.29 is 12.8 Å². The maximum atomic E-state index is 13.3. The van der Waals surface area contributed by atoms with Crippen LogP contribution >= 0.6 is 28.3 Å². The van der Waals surface area contributed by atoms with Crippen molar-refractivity contribution >= 4 is 38.4 Å². The third-order valence-corrected chi connectivity index (χ3v) is 3.82. The van der Waals surface area contributed by atoms with Crippen LogP contribution in [0.1, 0.15) is 0 Å². The van der Waals surface area contributed by atoms with Crippen LogP contribution in [0.15, 0.2) is 27.6 Å². The van der Waals surface area contributed by atoms with Crippen LogP contribution < -0.4 is 10.0 Å². The van der Waals surface area contributed by atoms with Gasteiger partial charge in [0.25, 0.3) is 0 Å². The minimum Gasteiger partial charge on any atom is -0.318 e. The molecule has 0 unspecified atom stereocenters. The van der Waals surface area contributed by atoms with Crippen molar-refractivity contribution in [2.24, 2.45) is 0 Å². The summed E-state index contributed by atoms with van der Waals surface area (Å²) in [6, 6.07) is 3.79. The summed E-state index contributed by atoms with van der Waals surface area (Å²) in [6.45, 7) is 0.694. The Kier molecular flexibility index (Phi) is 7.18. The van der Waals surface area contributed by atoms with Crippen LogP contribution in [0.5, 0.6) is 0 Å². The molecule has 1 rings (SSSR count). The van der Waals surface area contributed by atoms with E-state index in [0.717, 1.165) is 6.07 Å². The average Bonchev–Trinajstić information content (AvgIpc) is 2.22. The predicted octanol–water partition coefficient (Wildman–Crippen LogP) is 1.51. The molecule has 98 valence electrons. The van der Waals surface area contributed by atoms with Gasteiger partial charge < -0.3 is 5.32 Å². The lowest BCUT2D eigenvalue weighted by molar-refractivity contribution is 0.555. The molecule has 1 aromatic rings. The Morgan fingerprint density at radius 3 is 2.59 bits per heavy atom. The Morgan fingerprint density at radius 2 is 2.00 bits per heavy atom. The smallest absolute Gasteiger partial charge is 0.243 e. The Morgan fingerprint density at radius 1 is 1.35 bits per heavy atom. The Balaban J connectivity index is 0.00000256. The fourth-order valence-electron chi connectivity index (χ4n) is 1.07. The summed E-state index contributed by atoms with van der Waals surface area (Å²) >= 11 is 3.10. The zero-order chi connectivity index (χ0) is 12.2. The van der Waals surface area contributed by atoms with Crippen molar-refractivity contribution in [2.75, 3.05) is 20.1 Å². The molecule has 0 saturated heterocycles. The first-order valence-electron chi connectivity index (χ1n) is 4.56. The van der Waals surface area contributed by atoms with E-state index in [4.69, 9.17) is 0 Å². The number of nitrogens with one attached hydrogen (secondary N) is 2. The first kappa shape index (κ1) is 16.8. The van der Waals surface area contributed by atoms with Crippen LogP contribution in [0.25, 0.3) is 0 Å². The van der Waals surface area contributed by atoms with Crippen molar-refractivity contribution in [3.8, 4) is 0 Å². The molecule has 0 spiro atoms. The molecule has 17 heavy (non-hydrogen) atoms. The van der Waals surface area contributed by atoms with E-state index in [1.165, 1.54) is 12.1 Å². The van der Waals surface area contributed by atoms with E-state index in [0.29, 0.717) is 11.0 Å². The second-order valence-electron chi connectivity index (χ2n) is 3.08. The van der Waals surface area contributed by atoms with E-state index in [2.05, 4.69) is 26.0 Å². The van der Waals surface area contributed by atoms with Gasteiger partial charge in [-0.2, -0.15) is 0 Å². The van der Waals surface area contributed by atoms with Crippen molar-refractivity contribution in [3.05, 3.63) is 28.5 Å². The van der Waals surface area contributed by atoms with E-state index in [1.807, 2.05) is 0 Å². The van der Waals surface area contributed by atoms with Gasteiger partial charge in [0.05, 0.1) is 0 Å². The minimum absolute atomic E-state index is 0. The highest BCUT2D eigenvalue weighted by Gasteiger charge is 2.18. The molecular formula is C9H13BrClFN2O2S. The van der Waals surface area contributed by atoms with Gasteiger partial charge in [0, 0.05) is 17.6 Å². The van der Waals surface area contributed by atoms with E-state index in [-0.39, 0.29) is 23.8 Å². The Labute approximate surface area is 115 Å². The highest BCUT2D eigenvalue weighted by molar-refractivity contribution is 9.10. The second kappa shape index (κ2) is 7.27. The largest absolute Gasteiger partial charge is 0.318 e. The number of sulfonamides is 1. The molecule has 0 saturated carbocycles. The molecule has 1 aromatic carbocycles. The van der Waals surface area contributed by atoms with Crippen LogP contribution in [0.3, 0.4) is 0 Å². The maximum Gasteiger partial charge on any atom is 0.243 e. The Hall–Kier alpha value is -0.210. The van der Waals surface area contributed by atoms with Crippen LogP contribution in [-0.4, -0.2) is 28.6 Å². The maximum absolute atomic E-state index is 13.3. The monoisotopic (exact) mass is 346 g/mol. The van der Waals surface area contributed by atoms with E-state index in [9.17, 15) is 12.8 Å². The fraction of sp³-hybridized carbons (Fsp3) is 0.333. The molecule has 0 heterocycles. The molecule has 2 N–H and O–H groups in total. The van der Waals surface area contributed by atoms with Gasteiger partial charge in [0.2, 0.25) is 10.0 Å². The predicted molar refractivity (Wildman–Crippen MR) is 70.5 cm³/mol. The summed E-state index contributed by atoms with van der Waals surface area (Å²) in [5, 5.41) is 2.79. The zero-order valence-corrected chi connectivity index (χ0v) is 12.3. The van der Waals surface area contributed by atoms with Gasteiger partial charge in [-0.15, -0.1) is 12.4 Å². The number of likely N-dealkylation sites (N-methyl/N-ethyl adjacent to an activating group) is 1. The van der Waals surface area contributed by atoms with Crippen molar-refractivity contribution in [1.29, 1.82) is 0 Å². The molecule has 0 fully saturated rings. The second-order valence-corrected chi connectivity index (χ2v) is 5.73. The highest BCUT2D eigenvalue weighted by atomic mass is 79.9. The highest BCUT2D eigenvalue weighted by Crippen LogP contribution is 2.19. The topological polar surface area (TPSA) is 58.2 Å². The van der Waals surface area contributed by atoms with Gasteiger partial charge >= 0.3 is 0 Å². The fourth-order valence-corrected chi connectivity index (χ4v) is 2.72. The molecule has 0 amide bonds. The normalized spacial score (nSPS) is 11.0. The lowest BCUT2D eigenvalue weighted by Gasteiger charge is -2.07. The molecular weight excluding hydrogens is 335 g/mol. The molecule has 0 aliphatic heterocycles. The number of hydrogen-bond acceptors (Lipinski definition) is 3. The van der Waals surface area contributed by atoms with E-state index < -0.39 is 15.8 Å². The quantitative estimate of drug-likeness (QED) is 0.794. The third kappa shape index (κ3) is 4.89. The molecule has 0 bridgehead atoms. The zero-order valence-electron chi connectivity index (χ0n) is 9.04. The third-order valence-electron chi connectivity index (χ3n) is 1.85. The van der Waals surface area contributed by atoms with Crippen molar-refractivity contribution in [2.45, 2.75) is 4.90 Å². The van der Waals surface area contributed by atoms with Gasteiger partial charge in [-0.25, -0.2) is 17.5 Å². The number of halogens is 3. The van der Waals surface area contributed by atoms with E-state index in [1.54, 1.807) is 7.05 Å². The summed E-state index contributed by atoms with van der Waals surface area (Å²) in [6.07, 6.45) is 0. The molecule has 4 nitrogen and oxygen atoms in total. The standard InChI is InChI=1S/C9H12BrFN2O2S.ClH/c1-12-4-5-13-16(14,15)9-6-7(10)2-3-8(9)11;/h2-3,6,12-13H,4-5H2,1H3;1H. The summed E-state index contributed by atoms with van der Waals surface area (Å²) in [7, 11) is -2.08.